The summed E-state index contributed by atoms with van der Waals surface area (Å²) in [5.41, 5.74) is 1.63. The van der Waals surface area contributed by atoms with Crippen molar-refractivity contribution >= 4 is 55.1 Å². The molecule has 0 bridgehead atoms. The molecule has 2 aromatic rings. The molecule has 0 aromatic heterocycles. The van der Waals surface area contributed by atoms with Crippen LogP contribution in [0.25, 0.3) is 0 Å². The zero-order valence-electron chi connectivity index (χ0n) is 11.1. The van der Waals surface area contributed by atoms with Gasteiger partial charge in [-0.05, 0) is 47.9 Å². The molecule has 0 fully saturated rings. The third-order valence-electron chi connectivity index (χ3n) is 3.49. The standard InChI is InChI=1S/C16H13Br2Cl2F/c17-9-16(10-18,12-2-1-3-13(19)7-12)8-11-6-14(21)4-5-15(11)20/h1-7H,8-10H2. The molecule has 0 amide bonds. The summed E-state index contributed by atoms with van der Waals surface area (Å²) < 4.78 is 13.5. The van der Waals surface area contributed by atoms with Gasteiger partial charge in [0, 0.05) is 26.1 Å². The third-order valence-corrected chi connectivity index (χ3v) is 6.24. The summed E-state index contributed by atoms with van der Waals surface area (Å²) >= 11 is 19.5. The maximum atomic E-state index is 13.5. The van der Waals surface area contributed by atoms with E-state index in [9.17, 15) is 4.39 Å². The molecule has 0 unspecified atom stereocenters. The highest BCUT2D eigenvalue weighted by atomic mass is 79.9. The Balaban J connectivity index is 2.45. The molecule has 21 heavy (non-hydrogen) atoms. The second-order valence-corrected chi connectivity index (χ2v) is 6.94. The van der Waals surface area contributed by atoms with Gasteiger partial charge in [0.05, 0.1) is 0 Å². The Morgan fingerprint density at radius 3 is 2.33 bits per heavy atom. The molecule has 2 rings (SSSR count). The fourth-order valence-corrected chi connectivity index (χ4v) is 4.60. The Hall–Kier alpha value is -0.0900. The van der Waals surface area contributed by atoms with Crippen LogP contribution >= 0.6 is 55.1 Å². The number of alkyl halides is 2. The van der Waals surface area contributed by atoms with Crippen molar-refractivity contribution in [1.29, 1.82) is 0 Å². The molecule has 2 aromatic carbocycles. The van der Waals surface area contributed by atoms with E-state index in [4.69, 9.17) is 23.2 Å². The van der Waals surface area contributed by atoms with Crippen molar-refractivity contribution in [3.63, 3.8) is 0 Å². The maximum Gasteiger partial charge on any atom is 0.123 e. The lowest BCUT2D eigenvalue weighted by atomic mass is 9.79. The second kappa shape index (κ2) is 7.45. The summed E-state index contributed by atoms with van der Waals surface area (Å²) in [4.78, 5) is 0. The monoisotopic (exact) mass is 452 g/mol. The lowest BCUT2D eigenvalue weighted by molar-refractivity contribution is 0.547. The summed E-state index contributed by atoms with van der Waals surface area (Å²) in [6.07, 6.45) is 0.612. The molecule has 0 spiro atoms. The van der Waals surface area contributed by atoms with Crippen LogP contribution in [0.2, 0.25) is 10.0 Å². The Kier molecular flexibility index (Phi) is 6.13. The summed E-state index contributed by atoms with van der Waals surface area (Å²) in [6.45, 7) is 0. The molecule has 0 saturated carbocycles. The van der Waals surface area contributed by atoms with Gasteiger partial charge in [-0.25, -0.2) is 4.39 Å². The lowest BCUT2D eigenvalue weighted by Gasteiger charge is -2.31. The Bertz CT molecular complexity index is 627. The van der Waals surface area contributed by atoms with Crippen molar-refractivity contribution in [1.82, 2.24) is 0 Å². The molecule has 0 N–H and O–H groups in total. The first-order chi connectivity index (χ1) is 10.0. The van der Waals surface area contributed by atoms with Crippen molar-refractivity contribution in [3.05, 3.63) is 69.5 Å². The maximum absolute atomic E-state index is 13.5. The van der Waals surface area contributed by atoms with Gasteiger partial charge in [-0.2, -0.15) is 0 Å². The third kappa shape index (κ3) is 4.01. The van der Waals surface area contributed by atoms with E-state index in [0.717, 1.165) is 11.1 Å². The summed E-state index contributed by atoms with van der Waals surface area (Å²) in [7, 11) is 0. The molecule has 112 valence electrons. The highest BCUT2D eigenvalue weighted by Gasteiger charge is 2.31. The quantitative estimate of drug-likeness (QED) is 0.458. The van der Waals surface area contributed by atoms with Gasteiger partial charge in [0.2, 0.25) is 0 Å². The lowest BCUT2D eigenvalue weighted by Crippen LogP contribution is -2.33. The van der Waals surface area contributed by atoms with Crippen LogP contribution in [0.15, 0.2) is 42.5 Å². The number of hydrogen-bond acceptors (Lipinski definition) is 0. The van der Waals surface area contributed by atoms with E-state index in [1.54, 1.807) is 6.07 Å². The first-order valence-electron chi connectivity index (χ1n) is 6.33. The van der Waals surface area contributed by atoms with Crippen LogP contribution in [0.3, 0.4) is 0 Å². The minimum Gasteiger partial charge on any atom is -0.207 e. The zero-order chi connectivity index (χ0) is 15.5. The van der Waals surface area contributed by atoms with E-state index >= 15 is 0 Å². The van der Waals surface area contributed by atoms with Crippen LogP contribution in [0.4, 0.5) is 4.39 Å². The van der Waals surface area contributed by atoms with Crippen molar-refractivity contribution in [2.45, 2.75) is 11.8 Å². The number of hydrogen-bond donors (Lipinski definition) is 0. The van der Waals surface area contributed by atoms with Gasteiger partial charge in [0.1, 0.15) is 5.82 Å². The summed E-state index contributed by atoms with van der Waals surface area (Å²) in [5.74, 6) is -0.279. The van der Waals surface area contributed by atoms with Crippen LogP contribution in [0, 0.1) is 5.82 Å². The molecule has 0 heterocycles. The van der Waals surface area contributed by atoms with Gasteiger partial charge in [-0.1, -0.05) is 67.2 Å². The predicted octanol–water partition coefficient (Wildman–Crippen LogP) is 6.40. The number of benzene rings is 2. The van der Waals surface area contributed by atoms with Crippen LogP contribution in [-0.2, 0) is 11.8 Å². The van der Waals surface area contributed by atoms with Gasteiger partial charge in [-0.15, -0.1) is 0 Å². The second-order valence-electron chi connectivity index (χ2n) is 4.97. The van der Waals surface area contributed by atoms with Gasteiger partial charge < -0.3 is 0 Å². The average molecular weight is 455 g/mol. The van der Waals surface area contributed by atoms with Crippen LogP contribution in [0.1, 0.15) is 11.1 Å². The SMILES string of the molecule is Fc1ccc(Cl)c(CC(CBr)(CBr)c2cccc(Cl)c2)c1. The van der Waals surface area contributed by atoms with Crippen molar-refractivity contribution in [2.75, 3.05) is 10.7 Å². The van der Waals surface area contributed by atoms with E-state index in [-0.39, 0.29) is 11.2 Å². The normalized spacial score (nSPS) is 11.7. The molecule has 0 atom stereocenters. The van der Waals surface area contributed by atoms with E-state index < -0.39 is 0 Å². The smallest absolute Gasteiger partial charge is 0.123 e. The highest BCUT2D eigenvalue weighted by Crippen LogP contribution is 2.36. The summed E-state index contributed by atoms with van der Waals surface area (Å²) in [5, 5.41) is 2.67. The minimum absolute atomic E-state index is 0.248. The molecule has 0 aliphatic heterocycles. The van der Waals surface area contributed by atoms with Crippen molar-refractivity contribution in [3.8, 4) is 0 Å². The predicted molar refractivity (Wildman–Crippen MR) is 95.8 cm³/mol. The topological polar surface area (TPSA) is 0 Å². The molecule has 5 heteroatoms. The van der Waals surface area contributed by atoms with Crippen molar-refractivity contribution in [2.24, 2.45) is 0 Å². The van der Waals surface area contributed by atoms with Gasteiger partial charge in [-0.3, -0.25) is 0 Å². The van der Waals surface area contributed by atoms with E-state index in [0.29, 0.717) is 27.1 Å². The van der Waals surface area contributed by atoms with E-state index in [2.05, 4.69) is 31.9 Å². The fourth-order valence-electron chi connectivity index (χ4n) is 2.25. The zero-order valence-corrected chi connectivity index (χ0v) is 15.7. The molecule has 0 aliphatic rings. The molecule has 0 saturated heterocycles. The summed E-state index contributed by atoms with van der Waals surface area (Å²) in [6, 6.07) is 12.2. The first-order valence-corrected chi connectivity index (χ1v) is 9.32. The molecular weight excluding hydrogens is 442 g/mol. The van der Waals surface area contributed by atoms with Crippen LogP contribution in [-0.4, -0.2) is 10.7 Å². The largest absolute Gasteiger partial charge is 0.207 e. The van der Waals surface area contributed by atoms with Crippen LogP contribution in [0.5, 0.6) is 0 Å². The van der Waals surface area contributed by atoms with E-state index in [1.807, 2.05) is 24.3 Å². The number of halogens is 5. The molecule has 0 nitrogen and oxygen atoms in total. The fraction of sp³-hybridized carbons (Fsp3) is 0.250. The molecule has 0 radical (unpaired) electrons. The molecule has 0 aliphatic carbocycles. The Morgan fingerprint density at radius 1 is 1.00 bits per heavy atom. The van der Waals surface area contributed by atoms with Crippen LogP contribution < -0.4 is 0 Å². The minimum atomic E-state index is -0.279. The van der Waals surface area contributed by atoms with Crippen molar-refractivity contribution < 1.29 is 4.39 Å². The Morgan fingerprint density at radius 2 is 1.71 bits per heavy atom. The van der Waals surface area contributed by atoms with Gasteiger partial charge in [0.15, 0.2) is 0 Å². The van der Waals surface area contributed by atoms with Gasteiger partial charge >= 0.3 is 0 Å². The number of rotatable bonds is 5. The average Bonchev–Trinajstić information content (AvgIpc) is 2.48. The highest BCUT2D eigenvalue weighted by molar-refractivity contribution is 9.09. The van der Waals surface area contributed by atoms with Gasteiger partial charge in [0.25, 0.3) is 0 Å². The van der Waals surface area contributed by atoms with E-state index in [1.165, 1.54) is 12.1 Å². The first kappa shape index (κ1) is 17.3. The Labute approximate surface area is 150 Å². The molecular formula is C16H13Br2Cl2F.